The summed E-state index contributed by atoms with van der Waals surface area (Å²) in [6, 6.07) is 14.8. The summed E-state index contributed by atoms with van der Waals surface area (Å²) in [5, 5.41) is 0. The number of amides is 1. The largest absolute Gasteiger partial charge is 0.376 e. The van der Waals surface area contributed by atoms with Crippen LogP contribution in [0.2, 0.25) is 0 Å². The smallest absolute Gasteiger partial charge is 0.223 e. The minimum absolute atomic E-state index is 0.00569. The first-order valence-corrected chi connectivity index (χ1v) is 9.10. The maximum absolute atomic E-state index is 12.8. The Bertz CT molecular complexity index is 713. The first kappa shape index (κ1) is 18.3. The first-order chi connectivity index (χ1) is 12.7. The molecule has 136 valence electrons. The Morgan fingerprint density at radius 3 is 2.58 bits per heavy atom. The summed E-state index contributed by atoms with van der Waals surface area (Å²) in [6.45, 7) is 1.75. The van der Waals surface area contributed by atoms with Crippen molar-refractivity contribution >= 4 is 11.7 Å². The molecule has 1 aliphatic heterocycles. The summed E-state index contributed by atoms with van der Waals surface area (Å²) in [6.07, 6.45) is 4.22. The third kappa shape index (κ3) is 5.23. The zero-order valence-electron chi connectivity index (χ0n) is 14.8. The van der Waals surface area contributed by atoms with E-state index in [0.29, 0.717) is 18.7 Å². The molecule has 1 amide bonds. The predicted molar refractivity (Wildman–Crippen MR) is 98.6 cm³/mol. The van der Waals surface area contributed by atoms with Crippen LogP contribution in [0.4, 0.5) is 0 Å². The number of hydrogen-bond donors (Lipinski definition) is 0. The van der Waals surface area contributed by atoms with Crippen LogP contribution < -0.4 is 0 Å². The molecule has 1 atom stereocenters. The van der Waals surface area contributed by atoms with Crippen molar-refractivity contribution in [1.29, 1.82) is 0 Å². The number of carbonyl (C=O) groups is 2. The van der Waals surface area contributed by atoms with E-state index in [2.05, 4.69) is 4.98 Å². The van der Waals surface area contributed by atoms with Crippen LogP contribution in [-0.4, -0.2) is 40.8 Å². The highest BCUT2D eigenvalue weighted by Gasteiger charge is 2.23. The van der Waals surface area contributed by atoms with Gasteiger partial charge in [0.25, 0.3) is 0 Å². The number of nitrogens with zero attached hydrogens (tertiary/aromatic N) is 2. The molecule has 0 aliphatic carbocycles. The van der Waals surface area contributed by atoms with Gasteiger partial charge in [-0.05, 0) is 25.0 Å². The van der Waals surface area contributed by atoms with Gasteiger partial charge in [-0.3, -0.25) is 14.6 Å². The molecule has 5 heteroatoms. The number of benzene rings is 1. The lowest BCUT2D eigenvalue weighted by molar-refractivity contribution is -0.133. The van der Waals surface area contributed by atoms with Crippen molar-refractivity contribution in [2.24, 2.45) is 0 Å². The second-order valence-corrected chi connectivity index (χ2v) is 6.52. The van der Waals surface area contributed by atoms with E-state index in [4.69, 9.17) is 4.74 Å². The summed E-state index contributed by atoms with van der Waals surface area (Å²) >= 11 is 0. The van der Waals surface area contributed by atoms with Crippen LogP contribution in [0.3, 0.4) is 0 Å². The summed E-state index contributed by atoms with van der Waals surface area (Å²) in [5.74, 6) is -0.0377. The zero-order chi connectivity index (χ0) is 18.2. The van der Waals surface area contributed by atoms with E-state index in [1.54, 1.807) is 23.2 Å². The molecular weight excluding hydrogens is 328 g/mol. The average Bonchev–Trinajstić information content (AvgIpc) is 3.20. The number of carbonyl (C=O) groups excluding carboxylic acids is 2. The van der Waals surface area contributed by atoms with Crippen LogP contribution in [0.5, 0.6) is 0 Å². The molecule has 5 nitrogen and oxygen atoms in total. The van der Waals surface area contributed by atoms with Gasteiger partial charge in [-0.25, -0.2) is 0 Å². The number of rotatable bonds is 8. The minimum Gasteiger partial charge on any atom is -0.376 e. The monoisotopic (exact) mass is 352 g/mol. The van der Waals surface area contributed by atoms with Crippen molar-refractivity contribution in [3.05, 3.63) is 66.0 Å². The molecule has 26 heavy (non-hydrogen) atoms. The molecule has 1 fully saturated rings. The molecule has 3 rings (SSSR count). The second-order valence-electron chi connectivity index (χ2n) is 6.52. The lowest BCUT2D eigenvalue weighted by Crippen LogP contribution is -2.37. The van der Waals surface area contributed by atoms with E-state index in [0.717, 1.165) is 25.1 Å². The molecule has 1 saturated heterocycles. The minimum atomic E-state index is -0.0320. The molecule has 1 aromatic heterocycles. The number of Topliss-reactive ketones (excluding diaryl/α,β-unsaturated/α-hetero) is 1. The summed E-state index contributed by atoms with van der Waals surface area (Å²) in [7, 11) is 0. The summed E-state index contributed by atoms with van der Waals surface area (Å²) in [5.41, 5.74) is 1.49. The van der Waals surface area contributed by atoms with Crippen LogP contribution in [0.15, 0.2) is 54.7 Å². The lowest BCUT2D eigenvalue weighted by atomic mass is 10.1. The summed E-state index contributed by atoms with van der Waals surface area (Å²) < 4.78 is 5.68. The van der Waals surface area contributed by atoms with Gasteiger partial charge in [-0.15, -0.1) is 0 Å². The van der Waals surface area contributed by atoms with Gasteiger partial charge in [-0.1, -0.05) is 36.4 Å². The van der Waals surface area contributed by atoms with Crippen LogP contribution in [0.25, 0.3) is 0 Å². The Morgan fingerprint density at radius 2 is 1.88 bits per heavy atom. The Morgan fingerprint density at radius 1 is 1.08 bits per heavy atom. The van der Waals surface area contributed by atoms with Gasteiger partial charge in [0.2, 0.25) is 5.91 Å². The third-order valence-corrected chi connectivity index (χ3v) is 4.54. The molecule has 0 unspecified atom stereocenters. The zero-order valence-corrected chi connectivity index (χ0v) is 14.8. The predicted octanol–water partition coefficient (Wildman–Crippen LogP) is 3.25. The number of ketones is 1. The molecule has 2 aromatic rings. The normalized spacial score (nSPS) is 16.4. The van der Waals surface area contributed by atoms with Gasteiger partial charge in [0.15, 0.2) is 5.78 Å². The molecule has 0 N–H and O–H groups in total. The molecule has 0 spiro atoms. The molecular formula is C21H24N2O3. The Labute approximate surface area is 154 Å². The van der Waals surface area contributed by atoms with Crippen molar-refractivity contribution in [2.45, 2.75) is 38.3 Å². The summed E-state index contributed by atoms with van der Waals surface area (Å²) in [4.78, 5) is 31.1. The van der Waals surface area contributed by atoms with Gasteiger partial charge < -0.3 is 9.64 Å². The van der Waals surface area contributed by atoms with E-state index in [9.17, 15) is 9.59 Å². The van der Waals surface area contributed by atoms with Gasteiger partial charge in [0.05, 0.1) is 18.3 Å². The van der Waals surface area contributed by atoms with Crippen LogP contribution in [0, 0.1) is 0 Å². The Kier molecular flexibility index (Phi) is 6.50. The number of hydrogen-bond acceptors (Lipinski definition) is 4. The molecule has 1 aromatic carbocycles. The fraction of sp³-hybridized carbons (Fsp3) is 0.381. The van der Waals surface area contributed by atoms with Crippen molar-refractivity contribution in [3.63, 3.8) is 0 Å². The molecule has 1 aliphatic rings. The molecule has 0 saturated carbocycles. The average molecular weight is 352 g/mol. The third-order valence-electron chi connectivity index (χ3n) is 4.54. The van der Waals surface area contributed by atoms with Crippen LogP contribution in [-0.2, 0) is 16.1 Å². The quantitative estimate of drug-likeness (QED) is 0.684. The highest BCUT2D eigenvalue weighted by atomic mass is 16.5. The van der Waals surface area contributed by atoms with E-state index in [1.165, 1.54) is 0 Å². The first-order valence-electron chi connectivity index (χ1n) is 9.10. The van der Waals surface area contributed by atoms with Crippen LogP contribution >= 0.6 is 0 Å². The van der Waals surface area contributed by atoms with Crippen molar-refractivity contribution in [2.75, 3.05) is 13.2 Å². The molecule has 0 radical (unpaired) electrons. The highest BCUT2D eigenvalue weighted by molar-refractivity contribution is 5.97. The number of aromatic nitrogens is 1. The van der Waals surface area contributed by atoms with E-state index in [1.807, 2.05) is 36.4 Å². The van der Waals surface area contributed by atoms with Crippen molar-refractivity contribution < 1.29 is 14.3 Å². The van der Waals surface area contributed by atoms with Gasteiger partial charge in [-0.2, -0.15) is 0 Å². The SMILES string of the molecule is O=C(CCC(=O)N(Cc1ccccn1)C[C@H]1CCCO1)c1ccccc1. The number of pyridine rings is 1. The standard InChI is InChI=1S/C21H24N2O3/c24-20(17-7-2-1-3-8-17)11-12-21(25)23(16-19-10-6-14-26-19)15-18-9-4-5-13-22-18/h1-5,7-9,13,19H,6,10-12,14-16H2/t19-/m1/s1. The van der Waals surface area contributed by atoms with Gasteiger partial charge >= 0.3 is 0 Å². The molecule has 0 bridgehead atoms. The van der Waals surface area contributed by atoms with E-state index < -0.39 is 0 Å². The van der Waals surface area contributed by atoms with Gasteiger partial charge in [0, 0.05) is 37.8 Å². The second kappa shape index (κ2) is 9.25. The van der Waals surface area contributed by atoms with E-state index in [-0.39, 0.29) is 30.6 Å². The fourth-order valence-corrected chi connectivity index (χ4v) is 3.12. The van der Waals surface area contributed by atoms with Gasteiger partial charge in [0.1, 0.15) is 0 Å². The Hall–Kier alpha value is -2.53. The van der Waals surface area contributed by atoms with Crippen molar-refractivity contribution in [1.82, 2.24) is 9.88 Å². The highest BCUT2D eigenvalue weighted by Crippen LogP contribution is 2.16. The van der Waals surface area contributed by atoms with Crippen LogP contribution in [0.1, 0.15) is 41.7 Å². The Balaban J connectivity index is 1.60. The van der Waals surface area contributed by atoms with Crippen molar-refractivity contribution in [3.8, 4) is 0 Å². The number of ether oxygens (including phenoxy) is 1. The fourth-order valence-electron chi connectivity index (χ4n) is 3.12. The molecule has 2 heterocycles. The topological polar surface area (TPSA) is 59.5 Å². The lowest BCUT2D eigenvalue weighted by Gasteiger charge is -2.25. The van der Waals surface area contributed by atoms with E-state index >= 15 is 0 Å². The maximum Gasteiger partial charge on any atom is 0.223 e. The maximum atomic E-state index is 12.8.